The fraction of sp³-hybridized carbons (Fsp3) is 1.00. The topological polar surface area (TPSA) is 55.8 Å². The van der Waals surface area contributed by atoms with E-state index in [4.69, 9.17) is 4.74 Å². The SMILES string of the molecule is CN1CCOC(CCOS(C)(=O)=O)C1. The van der Waals surface area contributed by atoms with E-state index in [1.165, 1.54) is 0 Å². The summed E-state index contributed by atoms with van der Waals surface area (Å²) in [7, 11) is -1.29. The number of likely N-dealkylation sites (N-methyl/N-ethyl adjacent to an activating group) is 1. The second kappa shape index (κ2) is 5.06. The molecule has 1 unspecified atom stereocenters. The molecule has 0 aromatic heterocycles. The first-order chi connectivity index (χ1) is 6.47. The van der Waals surface area contributed by atoms with E-state index in [-0.39, 0.29) is 12.7 Å². The molecule has 0 N–H and O–H groups in total. The Kier molecular flexibility index (Phi) is 4.31. The molecule has 0 bridgehead atoms. The average molecular weight is 223 g/mol. The lowest BCUT2D eigenvalue weighted by Crippen LogP contribution is -2.40. The summed E-state index contributed by atoms with van der Waals surface area (Å²) in [6.45, 7) is 2.69. The van der Waals surface area contributed by atoms with Crippen molar-refractivity contribution in [3.8, 4) is 0 Å². The molecule has 0 aliphatic carbocycles. The maximum absolute atomic E-state index is 10.7. The Labute approximate surface area is 85.1 Å². The maximum atomic E-state index is 10.7. The number of hydrogen-bond acceptors (Lipinski definition) is 5. The van der Waals surface area contributed by atoms with Crippen molar-refractivity contribution in [1.29, 1.82) is 0 Å². The number of rotatable bonds is 4. The lowest BCUT2D eigenvalue weighted by molar-refractivity contribution is -0.0280. The van der Waals surface area contributed by atoms with Crippen LogP contribution in [0, 0.1) is 0 Å². The normalized spacial score (nSPS) is 25.1. The summed E-state index contributed by atoms with van der Waals surface area (Å²) in [6.07, 6.45) is 1.77. The van der Waals surface area contributed by atoms with Crippen molar-refractivity contribution in [2.75, 3.05) is 39.6 Å². The van der Waals surface area contributed by atoms with Crippen molar-refractivity contribution in [1.82, 2.24) is 4.90 Å². The minimum absolute atomic E-state index is 0.0931. The van der Waals surface area contributed by atoms with Crippen LogP contribution in [0.5, 0.6) is 0 Å². The van der Waals surface area contributed by atoms with Crippen molar-refractivity contribution in [2.45, 2.75) is 12.5 Å². The molecule has 5 nitrogen and oxygen atoms in total. The highest BCUT2D eigenvalue weighted by Crippen LogP contribution is 2.07. The van der Waals surface area contributed by atoms with Gasteiger partial charge in [-0.15, -0.1) is 0 Å². The van der Waals surface area contributed by atoms with Crippen LogP contribution < -0.4 is 0 Å². The minimum Gasteiger partial charge on any atom is -0.375 e. The van der Waals surface area contributed by atoms with Crippen LogP contribution in [0.15, 0.2) is 0 Å². The van der Waals surface area contributed by atoms with Gasteiger partial charge in [0.15, 0.2) is 0 Å². The summed E-state index contributed by atoms with van der Waals surface area (Å²) in [5, 5.41) is 0. The summed E-state index contributed by atoms with van der Waals surface area (Å²) in [5.41, 5.74) is 0. The smallest absolute Gasteiger partial charge is 0.264 e. The van der Waals surface area contributed by atoms with Crippen LogP contribution in [0.1, 0.15) is 6.42 Å². The molecule has 1 rings (SSSR count). The molecule has 1 aliphatic rings. The molecule has 84 valence electrons. The lowest BCUT2D eigenvalue weighted by Gasteiger charge is -2.29. The van der Waals surface area contributed by atoms with Crippen LogP contribution in [-0.2, 0) is 19.0 Å². The molecular weight excluding hydrogens is 206 g/mol. The van der Waals surface area contributed by atoms with Crippen LogP contribution in [0.2, 0.25) is 0 Å². The quantitative estimate of drug-likeness (QED) is 0.612. The first kappa shape index (κ1) is 11.9. The molecule has 0 aromatic rings. The van der Waals surface area contributed by atoms with Gasteiger partial charge in [0.1, 0.15) is 0 Å². The van der Waals surface area contributed by atoms with Crippen LogP contribution in [-0.4, -0.2) is 59.0 Å². The third kappa shape index (κ3) is 4.90. The zero-order chi connectivity index (χ0) is 10.6. The summed E-state index contributed by atoms with van der Waals surface area (Å²) >= 11 is 0. The number of nitrogens with zero attached hydrogens (tertiary/aromatic N) is 1. The molecule has 0 saturated carbocycles. The Morgan fingerprint density at radius 1 is 1.57 bits per heavy atom. The number of hydrogen-bond donors (Lipinski definition) is 0. The van der Waals surface area contributed by atoms with E-state index in [1.807, 2.05) is 7.05 Å². The molecule has 1 saturated heterocycles. The van der Waals surface area contributed by atoms with Crippen molar-refractivity contribution in [3.05, 3.63) is 0 Å². The van der Waals surface area contributed by atoms with Gasteiger partial charge in [-0.05, 0) is 13.5 Å². The lowest BCUT2D eigenvalue weighted by atomic mass is 10.2. The van der Waals surface area contributed by atoms with E-state index in [1.54, 1.807) is 0 Å². The van der Waals surface area contributed by atoms with Crippen LogP contribution in [0.3, 0.4) is 0 Å². The Hall–Kier alpha value is -0.170. The fourth-order valence-corrected chi connectivity index (χ4v) is 1.77. The molecule has 1 fully saturated rings. The summed E-state index contributed by atoms with van der Waals surface area (Å²) in [4.78, 5) is 2.16. The van der Waals surface area contributed by atoms with E-state index in [9.17, 15) is 8.42 Å². The van der Waals surface area contributed by atoms with E-state index < -0.39 is 10.1 Å². The van der Waals surface area contributed by atoms with Gasteiger partial charge in [0.2, 0.25) is 0 Å². The largest absolute Gasteiger partial charge is 0.375 e. The molecule has 0 radical (unpaired) electrons. The van der Waals surface area contributed by atoms with Gasteiger partial charge in [-0.2, -0.15) is 8.42 Å². The van der Waals surface area contributed by atoms with Crippen LogP contribution >= 0.6 is 0 Å². The molecule has 14 heavy (non-hydrogen) atoms. The van der Waals surface area contributed by atoms with E-state index >= 15 is 0 Å². The van der Waals surface area contributed by atoms with Crippen molar-refractivity contribution in [2.24, 2.45) is 0 Å². The number of morpholine rings is 1. The molecule has 0 spiro atoms. The Balaban J connectivity index is 2.18. The summed E-state index contributed by atoms with van der Waals surface area (Å²) in [5.74, 6) is 0. The Bertz CT molecular complexity index is 265. The van der Waals surface area contributed by atoms with Crippen LogP contribution in [0.25, 0.3) is 0 Å². The third-order valence-electron chi connectivity index (χ3n) is 2.08. The van der Waals surface area contributed by atoms with E-state index in [0.29, 0.717) is 13.0 Å². The molecule has 0 aromatic carbocycles. The molecular formula is C8H17NO4S. The predicted molar refractivity (Wildman–Crippen MR) is 52.6 cm³/mol. The Morgan fingerprint density at radius 2 is 2.29 bits per heavy atom. The van der Waals surface area contributed by atoms with Gasteiger partial charge in [-0.25, -0.2) is 0 Å². The van der Waals surface area contributed by atoms with Crippen molar-refractivity contribution in [3.63, 3.8) is 0 Å². The standard InChI is InChI=1S/C8H17NO4S/c1-9-4-6-12-8(7-9)3-5-13-14(2,10)11/h8H,3-7H2,1-2H3. The van der Waals surface area contributed by atoms with Gasteiger partial charge < -0.3 is 9.64 Å². The van der Waals surface area contributed by atoms with Crippen molar-refractivity contribution < 1.29 is 17.3 Å². The van der Waals surface area contributed by atoms with Gasteiger partial charge in [-0.3, -0.25) is 4.18 Å². The van der Waals surface area contributed by atoms with E-state index in [0.717, 1.165) is 19.3 Å². The first-order valence-corrected chi connectivity index (χ1v) is 6.43. The second-order valence-corrected chi connectivity index (χ2v) is 5.21. The molecule has 6 heteroatoms. The fourth-order valence-electron chi connectivity index (χ4n) is 1.37. The highest BCUT2D eigenvalue weighted by atomic mass is 32.2. The maximum Gasteiger partial charge on any atom is 0.264 e. The molecule has 1 heterocycles. The van der Waals surface area contributed by atoms with Crippen molar-refractivity contribution >= 4 is 10.1 Å². The zero-order valence-electron chi connectivity index (χ0n) is 8.60. The van der Waals surface area contributed by atoms with E-state index in [2.05, 4.69) is 9.08 Å². The molecule has 0 amide bonds. The second-order valence-electron chi connectivity index (χ2n) is 3.57. The average Bonchev–Trinajstić information content (AvgIpc) is 2.01. The highest BCUT2D eigenvalue weighted by molar-refractivity contribution is 7.85. The minimum atomic E-state index is -3.31. The van der Waals surface area contributed by atoms with Gasteiger partial charge in [-0.1, -0.05) is 0 Å². The van der Waals surface area contributed by atoms with Crippen LogP contribution in [0.4, 0.5) is 0 Å². The highest BCUT2D eigenvalue weighted by Gasteiger charge is 2.17. The van der Waals surface area contributed by atoms with Gasteiger partial charge in [0, 0.05) is 13.1 Å². The summed E-state index contributed by atoms with van der Waals surface area (Å²) < 4.78 is 31.4. The molecule has 1 aliphatic heterocycles. The van der Waals surface area contributed by atoms with Gasteiger partial charge in [0.25, 0.3) is 10.1 Å². The van der Waals surface area contributed by atoms with Gasteiger partial charge >= 0.3 is 0 Å². The number of ether oxygens (including phenoxy) is 1. The first-order valence-electron chi connectivity index (χ1n) is 4.62. The monoisotopic (exact) mass is 223 g/mol. The third-order valence-corrected chi connectivity index (χ3v) is 2.67. The molecule has 1 atom stereocenters. The zero-order valence-corrected chi connectivity index (χ0v) is 9.42. The summed E-state index contributed by atoms with van der Waals surface area (Å²) in [6, 6.07) is 0. The predicted octanol–water partition coefficient (Wildman–Crippen LogP) is -0.317. The van der Waals surface area contributed by atoms with Gasteiger partial charge in [0.05, 0.1) is 25.6 Å². The Morgan fingerprint density at radius 3 is 2.86 bits per heavy atom.